The van der Waals surface area contributed by atoms with E-state index in [4.69, 9.17) is 5.73 Å². The van der Waals surface area contributed by atoms with Gasteiger partial charge in [0.05, 0.1) is 5.70 Å². The molecule has 0 heterocycles. The summed E-state index contributed by atoms with van der Waals surface area (Å²) >= 11 is 0. The Morgan fingerprint density at radius 1 is 1.33 bits per heavy atom. The third-order valence-corrected chi connectivity index (χ3v) is 1.94. The minimum Gasteiger partial charge on any atom is -0.367 e. The average Bonchev–Trinajstić information content (AvgIpc) is 2.12. The Labute approximate surface area is 90.3 Å². The molecule has 0 fully saturated rings. The van der Waals surface area contributed by atoms with Gasteiger partial charge in [-0.3, -0.25) is 9.59 Å². The molecule has 0 aromatic carbocycles. The van der Waals surface area contributed by atoms with Crippen LogP contribution in [0.1, 0.15) is 20.8 Å². The van der Waals surface area contributed by atoms with E-state index >= 15 is 0 Å². The van der Waals surface area contributed by atoms with Gasteiger partial charge in [0, 0.05) is 14.1 Å². The van der Waals surface area contributed by atoms with Crippen LogP contribution in [-0.4, -0.2) is 36.3 Å². The van der Waals surface area contributed by atoms with Crippen LogP contribution in [0.5, 0.6) is 0 Å². The number of primary amides is 1. The van der Waals surface area contributed by atoms with Crippen molar-refractivity contribution in [2.24, 2.45) is 5.73 Å². The zero-order valence-electron chi connectivity index (χ0n) is 9.92. The summed E-state index contributed by atoms with van der Waals surface area (Å²) in [5, 5.41) is 2.82. The summed E-state index contributed by atoms with van der Waals surface area (Å²) in [5.74, 6) is -0.694. The zero-order chi connectivity index (χ0) is 12.2. The zero-order valence-corrected chi connectivity index (χ0v) is 9.92. The van der Waals surface area contributed by atoms with Crippen LogP contribution in [-0.2, 0) is 9.59 Å². The molecule has 5 heteroatoms. The number of nitrogens with one attached hydrogen (secondary N) is 1. The molecule has 0 aromatic heterocycles. The molecule has 0 atom stereocenters. The van der Waals surface area contributed by atoms with Crippen molar-refractivity contribution in [3.8, 4) is 0 Å². The normalized spacial score (nSPS) is 12.2. The SMILES string of the molecule is CC=C(NC(C)(C)C(=O)N(C)C)C(N)=O. The number of hydrogen-bond acceptors (Lipinski definition) is 3. The van der Waals surface area contributed by atoms with E-state index in [2.05, 4.69) is 5.32 Å². The molecular weight excluding hydrogens is 194 g/mol. The highest BCUT2D eigenvalue weighted by atomic mass is 16.2. The van der Waals surface area contributed by atoms with Gasteiger partial charge in [-0.05, 0) is 20.8 Å². The number of likely N-dealkylation sites (N-methyl/N-ethyl adjacent to an activating group) is 1. The van der Waals surface area contributed by atoms with Crippen molar-refractivity contribution in [1.29, 1.82) is 0 Å². The molecule has 0 aliphatic heterocycles. The molecule has 15 heavy (non-hydrogen) atoms. The highest BCUT2D eigenvalue weighted by Gasteiger charge is 2.30. The van der Waals surface area contributed by atoms with Crippen molar-refractivity contribution in [3.63, 3.8) is 0 Å². The molecule has 3 N–H and O–H groups in total. The van der Waals surface area contributed by atoms with Gasteiger partial charge in [-0.2, -0.15) is 0 Å². The van der Waals surface area contributed by atoms with E-state index < -0.39 is 11.4 Å². The van der Waals surface area contributed by atoms with Crippen molar-refractivity contribution in [2.75, 3.05) is 14.1 Å². The quantitative estimate of drug-likeness (QED) is 0.637. The number of carbonyl (C=O) groups is 2. The van der Waals surface area contributed by atoms with Crippen LogP contribution in [0.3, 0.4) is 0 Å². The Morgan fingerprint density at radius 3 is 2.07 bits per heavy atom. The lowest BCUT2D eigenvalue weighted by Crippen LogP contribution is -2.53. The Balaban J connectivity index is 4.78. The second-order valence-corrected chi connectivity index (χ2v) is 4.02. The van der Waals surface area contributed by atoms with Crippen LogP contribution in [0.25, 0.3) is 0 Å². The van der Waals surface area contributed by atoms with E-state index in [1.807, 2.05) is 0 Å². The van der Waals surface area contributed by atoms with Gasteiger partial charge in [0.25, 0.3) is 5.91 Å². The number of amides is 2. The third kappa shape index (κ3) is 3.61. The molecule has 5 nitrogen and oxygen atoms in total. The summed E-state index contributed by atoms with van der Waals surface area (Å²) in [6, 6.07) is 0. The van der Waals surface area contributed by atoms with Crippen molar-refractivity contribution < 1.29 is 9.59 Å². The fraction of sp³-hybridized carbons (Fsp3) is 0.600. The van der Waals surface area contributed by atoms with Crippen LogP contribution < -0.4 is 11.1 Å². The minimum absolute atomic E-state index is 0.122. The molecule has 0 rings (SSSR count). The molecule has 0 bridgehead atoms. The maximum Gasteiger partial charge on any atom is 0.264 e. The van der Waals surface area contributed by atoms with Crippen LogP contribution in [0, 0.1) is 0 Å². The molecule has 86 valence electrons. The molecule has 0 radical (unpaired) electrons. The summed E-state index contributed by atoms with van der Waals surface area (Å²) in [5.41, 5.74) is 4.53. The first-order valence-electron chi connectivity index (χ1n) is 4.68. The fourth-order valence-corrected chi connectivity index (χ4v) is 1.23. The Morgan fingerprint density at radius 2 is 1.80 bits per heavy atom. The van der Waals surface area contributed by atoms with Crippen LogP contribution in [0.15, 0.2) is 11.8 Å². The van der Waals surface area contributed by atoms with Crippen molar-refractivity contribution in [1.82, 2.24) is 10.2 Å². The fourth-order valence-electron chi connectivity index (χ4n) is 1.23. The van der Waals surface area contributed by atoms with Gasteiger partial charge in [0.1, 0.15) is 5.54 Å². The summed E-state index contributed by atoms with van der Waals surface area (Å²) < 4.78 is 0. The van der Waals surface area contributed by atoms with E-state index in [0.717, 1.165) is 0 Å². The van der Waals surface area contributed by atoms with Gasteiger partial charge in [0.2, 0.25) is 5.91 Å². The summed E-state index contributed by atoms with van der Waals surface area (Å²) in [6.45, 7) is 5.08. The largest absolute Gasteiger partial charge is 0.367 e. The second kappa shape index (κ2) is 4.82. The van der Waals surface area contributed by atoms with Gasteiger partial charge in [-0.25, -0.2) is 0 Å². The molecule has 0 aliphatic carbocycles. The predicted molar refractivity (Wildman–Crippen MR) is 58.9 cm³/mol. The van der Waals surface area contributed by atoms with Crippen molar-refractivity contribution >= 4 is 11.8 Å². The monoisotopic (exact) mass is 213 g/mol. The topological polar surface area (TPSA) is 75.4 Å². The van der Waals surface area contributed by atoms with Crippen LogP contribution in [0.4, 0.5) is 0 Å². The Kier molecular flexibility index (Phi) is 4.33. The summed E-state index contributed by atoms with van der Waals surface area (Å²) in [7, 11) is 3.32. The lowest BCUT2D eigenvalue weighted by Gasteiger charge is -2.29. The molecule has 0 unspecified atom stereocenters. The third-order valence-electron chi connectivity index (χ3n) is 1.94. The van der Waals surface area contributed by atoms with E-state index in [-0.39, 0.29) is 11.6 Å². The first kappa shape index (κ1) is 13.5. The van der Waals surface area contributed by atoms with E-state index in [1.165, 1.54) is 4.90 Å². The highest BCUT2D eigenvalue weighted by molar-refractivity contribution is 5.93. The number of carbonyl (C=O) groups excluding carboxylic acids is 2. The summed E-state index contributed by atoms with van der Waals surface area (Å²) in [6.07, 6.45) is 1.55. The lowest BCUT2D eigenvalue weighted by molar-refractivity contribution is -0.134. The number of rotatable bonds is 4. The minimum atomic E-state index is -0.847. The Bertz CT molecular complexity index is 293. The Hall–Kier alpha value is -1.52. The van der Waals surface area contributed by atoms with Crippen LogP contribution in [0.2, 0.25) is 0 Å². The summed E-state index contributed by atoms with van der Waals surface area (Å²) in [4.78, 5) is 24.1. The number of nitrogens with two attached hydrogens (primary N) is 1. The first-order chi connectivity index (χ1) is 6.72. The molecule has 0 aromatic rings. The van der Waals surface area contributed by atoms with Gasteiger partial charge in [-0.15, -0.1) is 0 Å². The smallest absolute Gasteiger partial charge is 0.264 e. The van der Waals surface area contributed by atoms with E-state index in [0.29, 0.717) is 0 Å². The molecule has 0 saturated heterocycles. The number of hydrogen-bond donors (Lipinski definition) is 2. The maximum absolute atomic E-state index is 11.7. The van der Waals surface area contributed by atoms with Gasteiger partial charge < -0.3 is 16.0 Å². The highest BCUT2D eigenvalue weighted by Crippen LogP contribution is 2.08. The van der Waals surface area contributed by atoms with Crippen molar-refractivity contribution in [3.05, 3.63) is 11.8 Å². The molecule has 0 spiro atoms. The first-order valence-corrected chi connectivity index (χ1v) is 4.68. The molecular formula is C10H19N3O2. The second-order valence-electron chi connectivity index (χ2n) is 4.02. The van der Waals surface area contributed by atoms with Crippen LogP contribution >= 0.6 is 0 Å². The molecule has 0 saturated carbocycles. The average molecular weight is 213 g/mol. The molecule has 0 aliphatic rings. The van der Waals surface area contributed by atoms with Crippen molar-refractivity contribution in [2.45, 2.75) is 26.3 Å². The number of nitrogens with zero attached hydrogens (tertiary/aromatic N) is 1. The maximum atomic E-state index is 11.7. The lowest BCUT2D eigenvalue weighted by atomic mass is 10.0. The van der Waals surface area contributed by atoms with Gasteiger partial charge in [0.15, 0.2) is 0 Å². The standard InChI is InChI=1S/C10H19N3O2/c1-6-7(8(11)14)12-10(2,3)9(15)13(4)5/h6,12H,1-5H3,(H2,11,14). The van der Waals surface area contributed by atoms with Gasteiger partial charge in [-0.1, -0.05) is 6.08 Å². The predicted octanol–water partition coefficient (Wildman–Crippen LogP) is -0.168. The van der Waals surface area contributed by atoms with Gasteiger partial charge >= 0.3 is 0 Å². The van der Waals surface area contributed by atoms with E-state index in [9.17, 15) is 9.59 Å². The van der Waals surface area contributed by atoms with E-state index in [1.54, 1.807) is 40.9 Å². The number of allylic oxidation sites excluding steroid dienone is 1. The molecule has 2 amide bonds.